The molecule has 3 rings (SSSR count). The van der Waals surface area contributed by atoms with Crippen molar-refractivity contribution < 1.29 is 0 Å². The van der Waals surface area contributed by atoms with Gasteiger partial charge in [-0.3, -0.25) is 9.98 Å². The molecule has 3 aliphatic rings. The minimum absolute atomic E-state index is 0. The second kappa shape index (κ2) is 8.77. The minimum atomic E-state index is 0. The lowest BCUT2D eigenvalue weighted by Crippen LogP contribution is -2.40. The molecule has 0 bridgehead atoms. The molecule has 3 aliphatic heterocycles. The fraction of sp³-hybridized carbons (Fsp3) is 0.765. The number of hydrogen-bond donors (Lipinski definition) is 1. The normalized spacial score (nSPS) is 26.6. The summed E-state index contributed by atoms with van der Waals surface area (Å²) < 4.78 is 0. The Morgan fingerprint density at radius 1 is 1.28 bits per heavy atom. The van der Waals surface area contributed by atoms with Crippen molar-refractivity contribution in [2.45, 2.75) is 59.2 Å². The third kappa shape index (κ3) is 5.02. The van der Waals surface area contributed by atoms with Gasteiger partial charge in [-0.1, -0.05) is 51.2 Å². The molecule has 0 amide bonds. The SMILES string of the molecule is CC(C)[C@@H]1N=C(SCC2=CSC3=NC(C)(C)CN23)N[C@H]1C(C)C.Cl.Cl. The van der Waals surface area contributed by atoms with E-state index in [1.54, 1.807) is 11.8 Å². The van der Waals surface area contributed by atoms with E-state index in [1.165, 1.54) is 5.70 Å². The van der Waals surface area contributed by atoms with Crippen molar-refractivity contribution in [1.82, 2.24) is 10.2 Å². The van der Waals surface area contributed by atoms with E-state index in [0.29, 0.717) is 23.9 Å². The average Bonchev–Trinajstić information content (AvgIpc) is 3.08. The van der Waals surface area contributed by atoms with Crippen molar-refractivity contribution in [3.8, 4) is 0 Å². The molecule has 3 heterocycles. The summed E-state index contributed by atoms with van der Waals surface area (Å²) in [5.74, 6) is 2.14. The second-order valence-electron chi connectivity index (χ2n) is 7.89. The molecule has 8 heteroatoms. The van der Waals surface area contributed by atoms with Crippen molar-refractivity contribution in [1.29, 1.82) is 0 Å². The summed E-state index contributed by atoms with van der Waals surface area (Å²) in [5.41, 5.74) is 1.41. The molecule has 0 fully saturated rings. The van der Waals surface area contributed by atoms with Gasteiger partial charge in [0.1, 0.15) is 0 Å². The summed E-state index contributed by atoms with van der Waals surface area (Å²) in [5, 5.41) is 8.17. The minimum Gasteiger partial charge on any atom is -0.360 e. The van der Waals surface area contributed by atoms with Crippen molar-refractivity contribution >= 4 is 58.7 Å². The number of fused-ring (bicyclic) bond motifs is 1. The Bertz CT molecular complexity index is 573. The lowest BCUT2D eigenvalue weighted by Gasteiger charge is -2.24. The molecule has 0 saturated heterocycles. The fourth-order valence-corrected chi connectivity index (χ4v) is 5.35. The number of aliphatic imine (C=N–C) groups is 2. The second-order valence-corrected chi connectivity index (χ2v) is 9.69. The molecule has 2 atom stereocenters. The Kier molecular flexibility index (Phi) is 8.06. The monoisotopic (exact) mass is 424 g/mol. The number of thioether (sulfide) groups is 2. The Morgan fingerprint density at radius 3 is 2.52 bits per heavy atom. The average molecular weight is 425 g/mol. The first kappa shape index (κ1) is 23.0. The van der Waals surface area contributed by atoms with E-state index >= 15 is 0 Å². The number of nitrogens with one attached hydrogen (secondary N) is 1. The Balaban J connectivity index is 0.00000156. The van der Waals surface area contributed by atoms with Crippen molar-refractivity contribution in [2.75, 3.05) is 12.3 Å². The van der Waals surface area contributed by atoms with Gasteiger partial charge in [-0.05, 0) is 31.1 Å². The lowest BCUT2D eigenvalue weighted by atomic mass is 9.90. The standard InChI is InChI=1S/C17H28N4S2.2ClH/c1-10(2)13-14(11(3)4)19-15(18-13)22-7-12-8-23-16-20-17(5,6)9-21(12)16;;/h8,10-11,13-14H,7,9H2,1-6H3,(H,18,19);2*1H/t13-,14-;;/m0../s1. The van der Waals surface area contributed by atoms with Gasteiger partial charge in [-0.15, -0.1) is 24.8 Å². The third-order valence-corrected chi connectivity index (χ3v) is 6.35. The highest BCUT2D eigenvalue weighted by Gasteiger charge is 2.37. The molecule has 0 aromatic rings. The molecule has 0 radical (unpaired) electrons. The van der Waals surface area contributed by atoms with Gasteiger partial charge in [-0.25, -0.2) is 0 Å². The summed E-state index contributed by atoms with van der Waals surface area (Å²) >= 11 is 3.59. The van der Waals surface area contributed by atoms with Crippen LogP contribution in [0.4, 0.5) is 0 Å². The summed E-state index contributed by atoms with van der Waals surface area (Å²) in [6.07, 6.45) is 0. The number of nitrogens with zero attached hydrogens (tertiary/aromatic N) is 3. The van der Waals surface area contributed by atoms with Gasteiger partial charge in [0.15, 0.2) is 10.3 Å². The zero-order chi connectivity index (χ0) is 16.8. The van der Waals surface area contributed by atoms with E-state index < -0.39 is 0 Å². The first-order valence-corrected chi connectivity index (χ1v) is 10.3. The molecule has 0 aromatic heterocycles. The van der Waals surface area contributed by atoms with E-state index in [2.05, 4.69) is 57.2 Å². The van der Waals surface area contributed by atoms with Crippen LogP contribution in [0.3, 0.4) is 0 Å². The van der Waals surface area contributed by atoms with Crippen LogP contribution in [-0.4, -0.2) is 45.2 Å². The van der Waals surface area contributed by atoms with E-state index in [-0.39, 0.29) is 30.4 Å². The van der Waals surface area contributed by atoms with E-state index in [4.69, 9.17) is 9.98 Å². The van der Waals surface area contributed by atoms with Crippen LogP contribution in [0.25, 0.3) is 0 Å². The van der Waals surface area contributed by atoms with Crippen LogP contribution in [0, 0.1) is 11.8 Å². The number of hydrogen-bond acceptors (Lipinski definition) is 6. The van der Waals surface area contributed by atoms with Crippen molar-refractivity contribution in [3.63, 3.8) is 0 Å². The zero-order valence-corrected chi connectivity index (χ0v) is 19.0. The summed E-state index contributed by atoms with van der Waals surface area (Å²) in [6, 6.07) is 0.861. The molecule has 144 valence electrons. The highest BCUT2D eigenvalue weighted by molar-refractivity contribution is 8.17. The molecule has 0 saturated carbocycles. The molecule has 1 N–H and O–H groups in total. The third-order valence-electron chi connectivity index (χ3n) is 4.50. The van der Waals surface area contributed by atoms with Crippen LogP contribution in [0.2, 0.25) is 0 Å². The quantitative estimate of drug-likeness (QED) is 0.714. The van der Waals surface area contributed by atoms with Gasteiger partial charge in [-0.2, -0.15) is 0 Å². The topological polar surface area (TPSA) is 40.0 Å². The number of halogens is 2. The van der Waals surface area contributed by atoms with Crippen molar-refractivity contribution in [2.24, 2.45) is 21.8 Å². The zero-order valence-electron chi connectivity index (χ0n) is 15.8. The predicted molar refractivity (Wildman–Crippen MR) is 119 cm³/mol. The van der Waals surface area contributed by atoms with Gasteiger partial charge in [0.2, 0.25) is 0 Å². The van der Waals surface area contributed by atoms with Crippen LogP contribution < -0.4 is 5.32 Å². The van der Waals surface area contributed by atoms with Gasteiger partial charge in [0, 0.05) is 18.0 Å². The van der Waals surface area contributed by atoms with Crippen LogP contribution >= 0.6 is 48.3 Å². The maximum atomic E-state index is 4.95. The molecule has 0 spiro atoms. The van der Waals surface area contributed by atoms with Gasteiger partial charge in [0.05, 0.1) is 17.6 Å². The van der Waals surface area contributed by atoms with Gasteiger partial charge in [0.25, 0.3) is 0 Å². The molecular formula is C17H30Cl2N4S2. The summed E-state index contributed by atoms with van der Waals surface area (Å²) in [4.78, 5) is 12.1. The molecule has 0 unspecified atom stereocenters. The predicted octanol–water partition coefficient (Wildman–Crippen LogP) is 4.61. The molecular weight excluding hydrogens is 395 g/mol. The van der Waals surface area contributed by atoms with E-state index in [0.717, 1.165) is 22.6 Å². The highest BCUT2D eigenvalue weighted by atomic mass is 35.5. The summed E-state index contributed by atoms with van der Waals surface area (Å²) in [6.45, 7) is 14.5. The smallest absolute Gasteiger partial charge is 0.168 e. The molecule has 0 aliphatic carbocycles. The Labute approximate surface area is 173 Å². The van der Waals surface area contributed by atoms with Crippen LogP contribution in [-0.2, 0) is 0 Å². The molecule has 0 aromatic carbocycles. The van der Waals surface area contributed by atoms with Crippen LogP contribution in [0.15, 0.2) is 21.1 Å². The molecule has 25 heavy (non-hydrogen) atoms. The van der Waals surface area contributed by atoms with Gasteiger partial charge >= 0.3 is 0 Å². The first-order chi connectivity index (χ1) is 10.8. The van der Waals surface area contributed by atoms with Crippen molar-refractivity contribution in [3.05, 3.63) is 11.1 Å². The first-order valence-electron chi connectivity index (χ1n) is 8.47. The fourth-order valence-electron chi connectivity index (χ4n) is 3.25. The van der Waals surface area contributed by atoms with Crippen LogP contribution in [0.5, 0.6) is 0 Å². The highest BCUT2D eigenvalue weighted by Crippen LogP contribution is 2.37. The molecule has 4 nitrogen and oxygen atoms in total. The van der Waals surface area contributed by atoms with E-state index in [1.807, 2.05) is 11.8 Å². The largest absolute Gasteiger partial charge is 0.360 e. The van der Waals surface area contributed by atoms with Gasteiger partial charge < -0.3 is 10.2 Å². The van der Waals surface area contributed by atoms with Crippen LogP contribution in [0.1, 0.15) is 41.5 Å². The number of amidine groups is 2. The van der Waals surface area contributed by atoms with E-state index in [9.17, 15) is 0 Å². The maximum Gasteiger partial charge on any atom is 0.168 e. The summed E-state index contributed by atoms with van der Waals surface area (Å²) in [7, 11) is 0. The Morgan fingerprint density at radius 2 is 1.96 bits per heavy atom. The maximum absolute atomic E-state index is 4.95. The Hall–Kier alpha value is -0.0400. The lowest BCUT2D eigenvalue weighted by molar-refractivity contribution is 0.348. The number of rotatable bonds is 4.